The number of benzene rings is 1. The number of anilines is 1. The van der Waals surface area contributed by atoms with E-state index in [4.69, 9.17) is 14.2 Å². The molecule has 1 aromatic rings. The smallest absolute Gasteiger partial charge is 0.349 e. The molecular formula is C13H17NO4. The molecule has 2 rings (SSSR count). The van der Waals surface area contributed by atoms with Gasteiger partial charge in [0.05, 0.1) is 18.8 Å². The van der Waals surface area contributed by atoms with Gasteiger partial charge in [0.2, 0.25) is 6.10 Å². The maximum atomic E-state index is 11.7. The van der Waals surface area contributed by atoms with E-state index in [-0.39, 0.29) is 5.97 Å². The Hall–Kier alpha value is -1.75. The number of nitrogens with one attached hydrogen (secondary N) is 1. The first-order chi connectivity index (χ1) is 8.81. The Balaban J connectivity index is 1.83. The van der Waals surface area contributed by atoms with Crippen molar-refractivity contribution >= 4 is 11.7 Å². The molecule has 0 radical (unpaired) electrons. The highest BCUT2D eigenvalue weighted by atomic mass is 16.6. The average molecular weight is 251 g/mol. The molecule has 18 heavy (non-hydrogen) atoms. The molecule has 1 aliphatic rings. The highest BCUT2D eigenvalue weighted by molar-refractivity contribution is 5.77. The Morgan fingerprint density at radius 3 is 3.11 bits per heavy atom. The minimum atomic E-state index is -0.581. The Kier molecular flexibility index (Phi) is 4.41. The summed E-state index contributed by atoms with van der Waals surface area (Å²) in [6, 6.07) is 7.52. The van der Waals surface area contributed by atoms with Crippen molar-refractivity contribution in [2.24, 2.45) is 0 Å². The van der Waals surface area contributed by atoms with Gasteiger partial charge in [0.15, 0.2) is 0 Å². The molecule has 5 heteroatoms. The zero-order chi connectivity index (χ0) is 12.8. The van der Waals surface area contributed by atoms with Crippen molar-refractivity contribution in [3.05, 3.63) is 24.3 Å². The number of carbonyl (C=O) groups is 1. The van der Waals surface area contributed by atoms with E-state index in [1.165, 1.54) is 0 Å². The summed E-state index contributed by atoms with van der Waals surface area (Å²) >= 11 is 0. The quantitative estimate of drug-likeness (QED) is 0.634. The van der Waals surface area contributed by atoms with Gasteiger partial charge in [-0.25, -0.2) is 4.79 Å². The molecule has 0 aromatic heterocycles. The summed E-state index contributed by atoms with van der Waals surface area (Å²) in [5.41, 5.74) is 0.904. The number of hydrogen-bond acceptors (Lipinski definition) is 5. The molecule has 0 fully saturated rings. The lowest BCUT2D eigenvalue weighted by atomic mass is 10.2. The molecule has 1 atom stereocenters. The number of hydrogen-bond donors (Lipinski definition) is 1. The third kappa shape index (κ3) is 3.13. The fourth-order valence-corrected chi connectivity index (χ4v) is 1.71. The minimum absolute atomic E-state index is 0.340. The van der Waals surface area contributed by atoms with Crippen LogP contribution in [0.15, 0.2) is 24.3 Å². The van der Waals surface area contributed by atoms with Gasteiger partial charge in [-0.2, -0.15) is 0 Å². The molecule has 0 amide bonds. The second-order valence-electron chi connectivity index (χ2n) is 4.00. The standard InChI is InChI=1S/C13H17NO4/c1-16-7-4-8-17-13(15)12-9-14-10-5-2-3-6-11(10)18-12/h2-3,5-6,12,14H,4,7-9H2,1H3. The Morgan fingerprint density at radius 2 is 2.28 bits per heavy atom. The highest BCUT2D eigenvalue weighted by Gasteiger charge is 2.26. The van der Waals surface area contributed by atoms with Crippen molar-refractivity contribution in [2.45, 2.75) is 12.5 Å². The van der Waals surface area contributed by atoms with Crippen molar-refractivity contribution in [1.82, 2.24) is 0 Å². The van der Waals surface area contributed by atoms with E-state index in [2.05, 4.69) is 5.32 Å². The molecule has 98 valence electrons. The zero-order valence-corrected chi connectivity index (χ0v) is 10.3. The maximum absolute atomic E-state index is 11.7. The van der Waals surface area contributed by atoms with Crippen LogP contribution in [0.4, 0.5) is 5.69 Å². The summed E-state index contributed by atoms with van der Waals surface area (Å²) in [6.45, 7) is 1.37. The first kappa shape index (κ1) is 12.7. The number of ether oxygens (including phenoxy) is 3. The molecule has 1 aliphatic heterocycles. The maximum Gasteiger partial charge on any atom is 0.349 e. The van der Waals surface area contributed by atoms with E-state index in [1.54, 1.807) is 7.11 Å². The summed E-state index contributed by atoms with van der Waals surface area (Å²) in [7, 11) is 1.62. The molecule has 0 spiro atoms. The van der Waals surface area contributed by atoms with Crippen LogP contribution in [0.3, 0.4) is 0 Å². The molecule has 0 bridgehead atoms. The fraction of sp³-hybridized carbons (Fsp3) is 0.462. The SMILES string of the molecule is COCCCOC(=O)C1CNc2ccccc2O1. The predicted molar refractivity (Wildman–Crippen MR) is 66.8 cm³/mol. The minimum Gasteiger partial charge on any atom is -0.475 e. The number of esters is 1. The topological polar surface area (TPSA) is 56.8 Å². The zero-order valence-electron chi connectivity index (χ0n) is 10.3. The largest absolute Gasteiger partial charge is 0.475 e. The van der Waals surface area contributed by atoms with Gasteiger partial charge < -0.3 is 19.5 Å². The third-order valence-corrected chi connectivity index (χ3v) is 2.63. The van der Waals surface area contributed by atoms with Crippen molar-refractivity contribution in [3.8, 4) is 5.75 Å². The Labute approximate surface area is 106 Å². The summed E-state index contributed by atoms with van der Waals surface area (Å²) in [5.74, 6) is 0.343. The molecule has 0 aliphatic carbocycles. The van der Waals surface area contributed by atoms with Crippen molar-refractivity contribution < 1.29 is 19.0 Å². The van der Waals surface area contributed by atoms with E-state index in [0.717, 1.165) is 5.69 Å². The lowest BCUT2D eigenvalue weighted by Crippen LogP contribution is -2.39. The number of rotatable bonds is 5. The summed E-state index contributed by atoms with van der Waals surface area (Å²) in [5, 5.41) is 3.14. The van der Waals surface area contributed by atoms with Gasteiger partial charge in [0.1, 0.15) is 5.75 Å². The van der Waals surface area contributed by atoms with Crippen LogP contribution in [0, 0.1) is 0 Å². The van der Waals surface area contributed by atoms with Crippen molar-refractivity contribution in [3.63, 3.8) is 0 Å². The average Bonchev–Trinajstić information content (AvgIpc) is 2.43. The van der Waals surface area contributed by atoms with Gasteiger partial charge in [-0.1, -0.05) is 12.1 Å². The van der Waals surface area contributed by atoms with Crippen LogP contribution in [-0.2, 0) is 14.3 Å². The number of methoxy groups -OCH3 is 1. The Morgan fingerprint density at radius 1 is 1.44 bits per heavy atom. The molecule has 0 saturated carbocycles. The first-order valence-corrected chi connectivity index (χ1v) is 5.96. The van der Waals surface area contributed by atoms with Gasteiger partial charge in [-0.05, 0) is 12.1 Å². The van der Waals surface area contributed by atoms with Gasteiger partial charge in [0.25, 0.3) is 0 Å². The van der Waals surface area contributed by atoms with Crippen LogP contribution in [0.5, 0.6) is 5.75 Å². The molecule has 0 saturated heterocycles. The molecule has 1 N–H and O–H groups in total. The van der Waals surface area contributed by atoms with Crippen molar-refractivity contribution in [1.29, 1.82) is 0 Å². The molecular weight excluding hydrogens is 234 g/mol. The predicted octanol–water partition coefficient (Wildman–Crippen LogP) is 1.44. The van der Waals surface area contributed by atoms with Crippen LogP contribution >= 0.6 is 0 Å². The second-order valence-corrected chi connectivity index (χ2v) is 4.00. The van der Waals surface area contributed by atoms with Crippen LogP contribution in [-0.4, -0.2) is 38.9 Å². The van der Waals surface area contributed by atoms with Gasteiger partial charge in [-0.15, -0.1) is 0 Å². The molecule has 5 nitrogen and oxygen atoms in total. The monoisotopic (exact) mass is 251 g/mol. The molecule has 1 unspecified atom stereocenters. The van der Waals surface area contributed by atoms with E-state index in [1.807, 2.05) is 24.3 Å². The normalized spacial score (nSPS) is 17.3. The lowest BCUT2D eigenvalue weighted by Gasteiger charge is -2.25. The van der Waals surface area contributed by atoms with Crippen LogP contribution < -0.4 is 10.1 Å². The van der Waals surface area contributed by atoms with E-state index >= 15 is 0 Å². The van der Waals surface area contributed by atoms with Gasteiger partial charge in [0, 0.05) is 20.1 Å². The lowest BCUT2D eigenvalue weighted by molar-refractivity contribution is -0.151. The number of para-hydroxylation sites is 2. The van der Waals surface area contributed by atoms with Crippen molar-refractivity contribution in [2.75, 3.05) is 32.2 Å². The van der Waals surface area contributed by atoms with Crippen LogP contribution in [0.25, 0.3) is 0 Å². The summed E-state index contributed by atoms with van der Waals surface area (Å²) < 4.78 is 15.6. The number of carbonyl (C=O) groups excluding carboxylic acids is 1. The van der Waals surface area contributed by atoms with E-state index in [9.17, 15) is 4.79 Å². The molecule has 1 heterocycles. The first-order valence-electron chi connectivity index (χ1n) is 5.96. The summed E-state index contributed by atoms with van der Waals surface area (Å²) in [4.78, 5) is 11.7. The van der Waals surface area contributed by atoms with E-state index < -0.39 is 6.10 Å². The van der Waals surface area contributed by atoms with Gasteiger partial charge in [-0.3, -0.25) is 0 Å². The highest BCUT2D eigenvalue weighted by Crippen LogP contribution is 2.28. The second kappa shape index (κ2) is 6.26. The summed E-state index contributed by atoms with van der Waals surface area (Å²) in [6.07, 6.45) is 0.112. The number of fused-ring (bicyclic) bond motifs is 1. The van der Waals surface area contributed by atoms with E-state index in [0.29, 0.717) is 31.9 Å². The van der Waals surface area contributed by atoms with Crippen LogP contribution in [0.2, 0.25) is 0 Å². The fourth-order valence-electron chi connectivity index (χ4n) is 1.71. The third-order valence-electron chi connectivity index (χ3n) is 2.63. The van der Waals surface area contributed by atoms with Gasteiger partial charge >= 0.3 is 5.97 Å². The Bertz CT molecular complexity index is 408. The van der Waals surface area contributed by atoms with Crippen LogP contribution in [0.1, 0.15) is 6.42 Å². The molecule has 1 aromatic carbocycles.